The Hall–Kier alpha value is -3.31. The number of nitrogens with zero attached hydrogens (tertiary/aromatic N) is 2. The third-order valence-electron chi connectivity index (χ3n) is 3.14. The number of hydrogen-bond acceptors (Lipinski definition) is 10. The number of phenols is 1. The average Bonchev–Trinajstić information content (AvgIpc) is 2.56. The van der Waals surface area contributed by atoms with Crippen LogP contribution in [0.5, 0.6) is 11.5 Å². The number of aromatic hydroxyl groups is 1. The van der Waals surface area contributed by atoms with E-state index in [4.69, 9.17) is 9.47 Å². The first-order valence-electron chi connectivity index (χ1n) is 7.50. The van der Waals surface area contributed by atoms with Gasteiger partial charge < -0.3 is 14.6 Å². The standard InChI is InChI=1S/C14H18N2O10/c1-23-12-9-10(6-7-11(12)17)14(18)24-8-4-2-3-5-13(25-15(19)20)26-16(21)22/h6-7,9,13,17H,2-5,8H2,1H3. The Morgan fingerprint density at radius 1 is 1.15 bits per heavy atom. The number of benzene rings is 1. The van der Waals surface area contributed by atoms with E-state index in [-0.39, 0.29) is 30.1 Å². The second-order valence-electron chi connectivity index (χ2n) is 4.96. The Morgan fingerprint density at radius 2 is 1.81 bits per heavy atom. The van der Waals surface area contributed by atoms with Gasteiger partial charge in [0.1, 0.15) is 0 Å². The Morgan fingerprint density at radius 3 is 2.38 bits per heavy atom. The van der Waals surface area contributed by atoms with Crippen molar-refractivity contribution in [2.24, 2.45) is 0 Å². The molecule has 0 aliphatic heterocycles. The molecule has 1 aromatic carbocycles. The molecule has 0 saturated heterocycles. The fourth-order valence-electron chi connectivity index (χ4n) is 1.96. The van der Waals surface area contributed by atoms with Gasteiger partial charge in [-0.15, -0.1) is 20.2 Å². The molecule has 0 heterocycles. The molecular weight excluding hydrogens is 356 g/mol. The number of esters is 1. The average molecular weight is 374 g/mol. The monoisotopic (exact) mass is 374 g/mol. The van der Waals surface area contributed by atoms with Gasteiger partial charge in [-0.3, -0.25) is 9.68 Å². The zero-order valence-electron chi connectivity index (χ0n) is 13.9. The minimum absolute atomic E-state index is 0.0644. The summed E-state index contributed by atoms with van der Waals surface area (Å²) in [5.41, 5.74) is 0.207. The van der Waals surface area contributed by atoms with Crippen molar-refractivity contribution in [3.8, 4) is 11.5 Å². The SMILES string of the molecule is COc1cc(C(=O)OCCCCCC(O[N+](=O)[O-])O[N+](=O)[O-])ccc1O. The molecule has 0 aliphatic carbocycles. The fraction of sp³-hybridized carbons (Fsp3) is 0.500. The van der Waals surface area contributed by atoms with Crippen LogP contribution in [0, 0.1) is 20.2 Å². The van der Waals surface area contributed by atoms with Crippen LogP contribution in [0.1, 0.15) is 36.0 Å². The number of carbonyl (C=O) groups excluding carboxylic acids is 1. The van der Waals surface area contributed by atoms with Gasteiger partial charge in [0.05, 0.1) is 19.3 Å². The first-order valence-corrected chi connectivity index (χ1v) is 7.50. The van der Waals surface area contributed by atoms with E-state index < -0.39 is 22.4 Å². The molecule has 0 bridgehead atoms. The zero-order chi connectivity index (χ0) is 19.5. The van der Waals surface area contributed by atoms with Crippen molar-refractivity contribution >= 4 is 5.97 Å². The van der Waals surface area contributed by atoms with Crippen LogP contribution in [-0.2, 0) is 14.4 Å². The Labute approximate surface area is 147 Å². The molecule has 144 valence electrons. The summed E-state index contributed by atoms with van der Waals surface area (Å²) >= 11 is 0. The van der Waals surface area contributed by atoms with E-state index in [9.17, 15) is 30.1 Å². The zero-order valence-corrected chi connectivity index (χ0v) is 13.9. The quantitative estimate of drug-likeness (QED) is 0.188. The molecule has 12 nitrogen and oxygen atoms in total. The summed E-state index contributed by atoms with van der Waals surface area (Å²) in [7, 11) is 1.35. The molecule has 0 unspecified atom stereocenters. The first-order chi connectivity index (χ1) is 12.3. The van der Waals surface area contributed by atoms with Crippen LogP contribution in [-0.4, -0.2) is 41.3 Å². The lowest BCUT2D eigenvalue weighted by Gasteiger charge is -2.12. The number of hydrogen-bond donors (Lipinski definition) is 1. The lowest BCUT2D eigenvalue weighted by atomic mass is 10.2. The summed E-state index contributed by atoms with van der Waals surface area (Å²) in [5.74, 6) is -0.566. The van der Waals surface area contributed by atoms with Gasteiger partial charge in [0.2, 0.25) is 0 Å². The van der Waals surface area contributed by atoms with E-state index in [2.05, 4.69) is 9.68 Å². The third-order valence-corrected chi connectivity index (χ3v) is 3.14. The molecule has 0 radical (unpaired) electrons. The van der Waals surface area contributed by atoms with E-state index in [1.165, 1.54) is 25.3 Å². The highest BCUT2D eigenvalue weighted by atomic mass is 17.0. The van der Waals surface area contributed by atoms with Crippen molar-refractivity contribution in [1.82, 2.24) is 0 Å². The topological polar surface area (TPSA) is 160 Å². The van der Waals surface area contributed by atoms with E-state index in [0.29, 0.717) is 19.3 Å². The summed E-state index contributed by atoms with van der Waals surface area (Å²) in [4.78, 5) is 40.3. The van der Waals surface area contributed by atoms with Crippen LogP contribution in [0.25, 0.3) is 0 Å². The molecule has 26 heavy (non-hydrogen) atoms. The maximum Gasteiger partial charge on any atom is 0.338 e. The lowest BCUT2D eigenvalue weighted by Crippen LogP contribution is -2.23. The summed E-state index contributed by atoms with van der Waals surface area (Å²) < 4.78 is 9.94. The van der Waals surface area contributed by atoms with Gasteiger partial charge >= 0.3 is 5.97 Å². The molecule has 0 aliphatic rings. The van der Waals surface area contributed by atoms with E-state index in [1.54, 1.807) is 0 Å². The minimum atomic E-state index is -1.59. The predicted molar refractivity (Wildman–Crippen MR) is 83.4 cm³/mol. The third kappa shape index (κ3) is 7.51. The number of ether oxygens (including phenoxy) is 2. The van der Waals surface area contributed by atoms with Crippen LogP contribution in [0.3, 0.4) is 0 Å². The molecule has 12 heteroatoms. The van der Waals surface area contributed by atoms with Gasteiger partial charge in [0.25, 0.3) is 16.5 Å². The van der Waals surface area contributed by atoms with Crippen LogP contribution in [0.4, 0.5) is 0 Å². The van der Waals surface area contributed by atoms with Crippen LogP contribution in [0.15, 0.2) is 18.2 Å². The number of methoxy groups -OCH3 is 1. The molecule has 0 fully saturated rings. The number of carbonyl (C=O) groups is 1. The second-order valence-corrected chi connectivity index (χ2v) is 4.96. The highest BCUT2D eigenvalue weighted by Crippen LogP contribution is 2.26. The lowest BCUT2D eigenvalue weighted by molar-refractivity contribution is -0.851. The van der Waals surface area contributed by atoms with Crippen molar-refractivity contribution < 1.29 is 39.2 Å². The summed E-state index contributed by atoms with van der Waals surface area (Å²) in [6, 6.07) is 4.03. The molecule has 0 atom stereocenters. The van der Waals surface area contributed by atoms with Gasteiger partial charge in [0.15, 0.2) is 11.5 Å². The second kappa shape index (κ2) is 10.5. The molecule has 0 saturated carbocycles. The van der Waals surface area contributed by atoms with Crippen LogP contribution < -0.4 is 4.74 Å². The summed E-state index contributed by atoms with van der Waals surface area (Å²) in [6.07, 6.45) is -0.413. The smallest absolute Gasteiger partial charge is 0.338 e. The van der Waals surface area contributed by atoms with Gasteiger partial charge in [-0.25, -0.2) is 4.79 Å². The fourth-order valence-corrected chi connectivity index (χ4v) is 1.96. The maximum absolute atomic E-state index is 11.9. The van der Waals surface area contributed by atoms with E-state index >= 15 is 0 Å². The Balaban J connectivity index is 2.30. The summed E-state index contributed by atoms with van der Waals surface area (Å²) in [5, 5.41) is 27.5. The highest BCUT2D eigenvalue weighted by Gasteiger charge is 2.17. The normalized spacial score (nSPS) is 10.2. The highest BCUT2D eigenvalue weighted by molar-refractivity contribution is 5.90. The molecule has 1 N–H and O–H groups in total. The van der Waals surface area contributed by atoms with Crippen molar-refractivity contribution in [3.63, 3.8) is 0 Å². The molecule has 0 aromatic heterocycles. The summed E-state index contributed by atoms with van der Waals surface area (Å²) in [6.45, 7) is 0.0822. The van der Waals surface area contributed by atoms with Gasteiger partial charge in [0, 0.05) is 0 Å². The van der Waals surface area contributed by atoms with Gasteiger partial charge in [-0.1, -0.05) is 0 Å². The van der Waals surface area contributed by atoms with E-state index in [0.717, 1.165) is 0 Å². The van der Waals surface area contributed by atoms with E-state index in [1.807, 2.05) is 0 Å². The molecule has 1 aromatic rings. The predicted octanol–water partition coefficient (Wildman–Crippen LogP) is 1.86. The van der Waals surface area contributed by atoms with Crippen LogP contribution >= 0.6 is 0 Å². The number of unbranched alkanes of at least 4 members (excludes halogenated alkanes) is 2. The molecular formula is C14H18N2O10. The largest absolute Gasteiger partial charge is 0.504 e. The van der Waals surface area contributed by atoms with Gasteiger partial charge in [-0.2, -0.15) is 0 Å². The molecule has 0 amide bonds. The molecule has 1 rings (SSSR count). The Bertz CT molecular complexity index is 620. The van der Waals surface area contributed by atoms with Crippen LogP contribution in [0.2, 0.25) is 0 Å². The Kier molecular flexibility index (Phi) is 8.40. The number of rotatable bonds is 12. The van der Waals surface area contributed by atoms with Crippen molar-refractivity contribution in [1.29, 1.82) is 0 Å². The van der Waals surface area contributed by atoms with Crippen molar-refractivity contribution in [3.05, 3.63) is 44.0 Å². The van der Waals surface area contributed by atoms with Gasteiger partial charge in [-0.05, 0) is 43.9 Å². The maximum atomic E-state index is 11.9. The van der Waals surface area contributed by atoms with Crippen molar-refractivity contribution in [2.75, 3.05) is 13.7 Å². The van der Waals surface area contributed by atoms with Crippen molar-refractivity contribution in [2.45, 2.75) is 32.0 Å². The molecule has 0 spiro atoms. The number of phenolic OH excluding ortho intramolecular Hbond substituents is 1. The first kappa shape index (κ1) is 20.7. The minimum Gasteiger partial charge on any atom is -0.504 e.